The van der Waals surface area contributed by atoms with Crippen molar-refractivity contribution >= 4 is 11.3 Å². The summed E-state index contributed by atoms with van der Waals surface area (Å²) in [7, 11) is 0. The predicted molar refractivity (Wildman–Crippen MR) is 97.1 cm³/mol. The summed E-state index contributed by atoms with van der Waals surface area (Å²) in [5, 5.41) is 9.39. The van der Waals surface area contributed by atoms with Crippen molar-refractivity contribution < 1.29 is 17.9 Å². The van der Waals surface area contributed by atoms with Crippen molar-refractivity contribution in [2.45, 2.75) is 19.2 Å². The molecule has 0 aliphatic heterocycles. The van der Waals surface area contributed by atoms with E-state index in [1.165, 1.54) is 12.1 Å². The maximum atomic E-state index is 12.8. The van der Waals surface area contributed by atoms with Gasteiger partial charge in [-0.3, -0.25) is 4.98 Å². The van der Waals surface area contributed by atoms with Crippen molar-refractivity contribution in [1.29, 1.82) is 5.26 Å². The molecule has 138 valence electrons. The monoisotopic (exact) mass is 388 g/mol. The van der Waals surface area contributed by atoms with Gasteiger partial charge in [-0.05, 0) is 29.3 Å². The molecule has 0 atom stereocenters. The molecule has 0 saturated carbocycles. The molecule has 0 aliphatic carbocycles. The van der Waals surface area contributed by atoms with Crippen LogP contribution in [0.5, 0.6) is 0 Å². The number of thiazole rings is 1. The van der Waals surface area contributed by atoms with E-state index in [2.05, 4.69) is 11.1 Å². The summed E-state index contributed by atoms with van der Waals surface area (Å²) in [6.07, 6.45) is -1.88. The second-order valence-electron chi connectivity index (χ2n) is 5.79. The van der Waals surface area contributed by atoms with Crippen LogP contribution in [0.2, 0.25) is 0 Å². The Hall–Kier alpha value is -2.69. The Morgan fingerprint density at radius 2 is 1.89 bits per heavy atom. The van der Waals surface area contributed by atoms with E-state index in [0.717, 1.165) is 23.4 Å². The summed E-state index contributed by atoms with van der Waals surface area (Å²) in [4.78, 5) is 5.11. The Balaban J connectivity index is 1.80. The van der Waals surface area contributed by atoms with Crippen molar-refractivity contribution in [3.05, 3.63) is 75.7 Å². The number of aromatic nitrogens is 1. The van der Waals surface area contributed by atoms with E-state index >= 15 is 0 Å². The van der Waals surface area contributed by atoms with Crippen LogP contribution >= 0.6 is 11.3 Å². The fourth-order valence-electron chi connectivity index (χ4n) is 2.67. The molecule has 0 saturated heterocycles. The van der Waals surface area contributed by atoms with Crippen LogP contribution in [0.3, 0.4) is 0 Å². The van der Waals surface area contributed by atoms with Crippen molar-refractivity contribution in [3.8, 4) is 17.2 Å². The number of alkyl halides is 3. The van der Waals surface area contributed by atoms with Crippen LogP contribution in [-0.2, 0) is 23.9 Å². The lowest BCUT2D eigenvalue weighted by molar-refractivity contribution is -0.137. The minimum absolute atomic E-state index is 0.207. The van der Waals surface area contributed by atoms with E-state index < -0.39 is 11.7 Å². The largest absolute Gasteiger partial charge is 0.416 e. The normalized spacial score (nSPS) is 11.3. The molecule has 3 rings (SSSR count). The SMILES string of the molecule is N#Cc1cccc(-c2ccc(C(F)(F)F)cc2)c1COCCc1cncs1. The van der Waals surface area contributed by atoms with Gasteiger partial charge in [0.05, 0.1) is 35.9 Å². The first-order valence-corrected chi connectivity index (χ1v) is 9.01. The number of hydrogen-bond acceptors (Lipinski definition) is 4. The number of benzene rings is 2. The lowest BCUT2D eigenvalue weighted by Crippen LogP contribution is -2.05. The molecule has 0 N–H and O–H groups in total. The predicted octanol–water partition coefficient (Wildman–Crippen LogP) is 5.46. The first-order valence-electron chi connectivity index (χ1n) is 8.14. The second kappa shape index (κ2) is 8.33. The zero-order valence-corrected chi connectivity index (χ0v) is 15.0. The Morgan fingerprint density at radius 3 is 2.52 bits per heavy atom. The minimum Gasteiger partial charge on any atom is -0.376 e. The molecule has 1 aromatic heterocycles. The van der Waals surface area contributed by atoms with Crippen LogP contribution < -0.4 is 0 Å². The Bertz CT molecular complexity index is 929. The number of halogens is 3. The fraction of sp³-hybridized carbons (Fsp3) is 0.200. The van der Waals surface area contributed by atoms with Gasteiger partial charge in [0.25, 0.3) is 0 Å². The molecule has 27 heavy (non-hydrogen) atoms. The third-order valence-corrected chi connectivity index (χ3v) is 4.88. The number of nitrogens with zero attached hydrogens (tertiary/aromatic N) is 2. The average Bonchev–Trinajstić information content (AvgIpc) is 3.18. The summed E-state index contributed by atoms with van der Waals surface area (Å²) < 4.78 is 44.0. The summed E-state index contributed by atoms with van der Waals surface area (Å²) in [6.45, 7) is 0.674. The summed E-state index contributed by atoms with van der Waals surface area (Å²) in [6, 6.07) is 12.2. The van der Waals surface area contributed by atoms with Crippen molar-refractivity contribution in [1.82, 2.24) is 4.98 Å². The van der Waals surface area contributed by atoms with Crippen molar-refractivity contribution in [2.24, 2.45) is 0 Å². The highest BCUT2D eigenvalue weighted by atomic mass is 32.1. The Morgan fingerprint density at radius 1 is 1.11 bits per heavy atom. The maximum Gasteiger partial charge on any atom is 0.416 e. The van der Waals surface area contributed by atoms with Gasteiger partial charge in [-0.2, -0.15) is 18.4 Å². The van der Waals surface area contributed by atoms with Gasteiger partial charge >= 0.3 is 6.18 Å². The number of nitriles is 1. The molecule has 0 spiro atoms. The zero-order chi connectivity index (χ0) is 19.3. The van der Waals surface area contributed by atoms with E-state index in [0.29, 0.717) is 28.9 Å². The molecule has 2 aromatic carbocycles. The van der Waals surface area contributed by atoms with Gasteiger partial charge in [0, 0.05) is 23.1 Å². The minimum atomic E-state index is -4.38. The topological polar surface area (TPSA) is 45.9 Å². The van der Waals surface area contributed by atoms with Crippen molar-refractivity contribution in [2.75, 3.05) is 6.61 Å². The van der Waals surface area contributed by atoms with Gasteiger partial charge in [0.15, 0.2) is 0 Å². The lowest BCUT2D eigenvalue weighted by Gasteiger charge is -2.13. The van der Waals surface area contributed by atoms with Crippen LogP contribution in [0.1, 0.15) is 21.6 Å². The molecule has 3 nitrogen and oxygen atoms in total. The first kappa shape index (κ1) is 19.1. The van der Waals surface area contributed by atoms with E-state index in [4.69, 9.17) is 4.74 Å². The van der Waals surface area contributed by atoms with E-state index in [1.54, 1.807) is 41.2 Å². The molecular formula is C20H15F3N2OS. The molecule has 0 bridgehead atoms. The molecule has 1 heterocycles. The van der Waals surface area contributed by atoms with Gasteiger partial charge in [-0.15, -0.1) is 11.3 Å². The van der Waals surface area contributed by atoms with E-state index in [1.807, 2.05) is 0 Å². The average molecular weight is 388 g/mol. The molecule has 0 fully saturated rings. The quantitative estimate of drug-likeness (QED) is 0.527. The number of hydrogen-bond donors (Lipinski definition) is 0. The van der Waals surface area contributed by atoms with E-state index in [-0.39, 0.29) is 6.61 Å². The van der Waals surface area contributed by atoms with Gasteiger partial charge in [0.1, 0.15) is 0 Å². The molecule has 0 aliphatic rings. The first-order chi connectivity index (χ1) is 13.0. The molecule has 0 radical (unpaired) electrons. The Labute approximate surface area is 158 Å². The zero-order valence-electron chi connectivity index (χ0n) is 14.2. The standard InChI is InChI=1S/C20H15F3N2OS/c21-20(22,23)16-6-4-14(5-7-16)18-3-1-2-15(10-24)19(18)12-26-9-8-17-11-25-13-27-17/h1-7,11,13H,8-9,12H2. The van der Waals surface area contributed by atoms with Crippen LogP contribution in [-0.4, -0.2) is 11.6 Å². The number of rotatable bonds is 6. The van der Waals surface area contributed by atoms with Gasteiger partial charge in [0.2, 0.25) is 0 Å². The van der Waals surface area contributed by atoms with Crippen molar-refractivity contribution in [3.63, 3.8) is 0 Å². The summed E-state index contributed by atoms with van der Waals surface area (Å²) in [5.41, 5.74) is 3.48. The highest BCUT2D eigenvalue weighted by molar-refractivity contribution is 7.09. The maximum absolute atomic E-state index is 12.8. The molecular weight excluding hydrogens is 373 g/mol. The summed E-state index contributed by atoms with van der Waals surface area (Å²) >= 11 is 1.54. The lowest BCUT2D eigenvalue weighted by atomic mass is 9.95. The smallest absolute Gasteiger partial charge is 0.376 e. The highest BCUT2D eigenvalue weighted by Gasteiger charge is 2.30. The third kappa shape index (κ3) is 4.73. The second-order valence-corrected chi connectivity index (χ2v) is 6.76. The van der Waals surface area contributed by atoms with Crippen LogP contribution in [0.15, 0.2) is 54.2 Å². The molecule has 0 unspecified atom stereocenters. The van der Waals surface area contributed by atoms with Crippen LogP contribution in [0.25, 0.3) is 11.1 Å². The van der Waals surface area contributed by atoms with Gasteiger partial charge < -0.3 is 4.74 Å². The van der Waals surface area contributed by atoms with Gasteiger partial charge in [-0.25, -0.2) is 0 Å². The highest BCUT2D eigenvalue weighted by Crippen LogP contribution is 2.32. The Kier molecular flexibility index (Phi) is 5.89. The summed E-state index contributed by atoms with van der Waals surface area (Å²) in [5.74, 6) is 0. The third-order valence-electron chi connectivity index (χ3n) is 4.04. The molecule has 7 heteroatoms. The molecule has 0 amide bonds. The van der Waals surface area contributed by atoms with E-state index in [9.17, 15) is 18.4 Å². The fourth-order valence-corrected chi connectivity index (χ4v) is 3.25. The van der Waals surface area contributed by atoms with Crippen LogP contribution in [0, 0.1) is 11.3 Å². The molecule has 3 aromatic rings. The number of ether oxygens (including phenoxy) is 1. The van der Waals surface area contributed by atoms with Crippen LogP contribution in [0.4, 0.5) is 13.2 Å². The van der Waals surface area contributed by atoms with Gasteiger partial charge in [-0.1, -0.05) is 24.3 Å².